The third kappa shape index (κ3) is 2.05. The molecular formula is C22H17ClN2O3. The summed E-state index contributed by atoms with van der Waals surface area (Å²) in [6, 6.07) is 10.9. The van der Waals surface area contributed by atoms with Gasteiger partial charge in [0.2, 0.25) is 0 Å². The Morgan fingerprint density at radius 1 is 1.07 bits per heavy atom. The second kappa shape index (κ2) is 5.45. The van der Waals surface area contributed by atoms with Crippen LogP contribution in [0.2, 0.25) is 5.02 Å². The number of benzene rings is 1. The van der Waals surface area contributed by atoms with E-state index >= 15 is 0 Å². The highest BCUT2D eigenvalue weighted by atomic mass is 35.5. The number of hydrogen-bond acceptors (Lipinski definition) is 4. The van der Waals surface area contributed by atoms with Gasteiger partial charge in [-0.3, -0.25) is 9.59 Å². The van der Waals surface area contributed by atoms with Gasteiger partial charge in [-0.1, -0.05) is 35.9 Å². The topological polar surface area (TPSA) is 62.9 Å². The molecule has 140 valence electrons. The zero-order chi connectivity index (χ0) is 19.0. The van der Waals surface area contributed by atoms with Crippen LogP contribution in [0.5, 0.6) is 0 Å². The van der Waals surface area contributed by atoms with Gasteiger partial charge in [0, 0.05) is 10.6 Å². The number of rotatable bonds is 3. The molecule has 2 bridgehead atoms. The second-order valence-electron chi connectivity index (χ2n) is 8.17. The maximum Gasteiger partial charge on any atom is 0.254 e. The van der Waals surface area contributed by atoms with Crippen molar-refractivity contribution in [1.82, 2.24) is 5.01 Å². The molecule has 0 unspecified atom stereocenters. The van der Waals surface area contributed by atoms with Crippen LogP contribution in [0.25, 0.3) is 11.3 Å². The van der Waals surface area contributed by atoms with Crippen LogP contribution in [0.3, 0.4) is 0 Å². The molecule has 6 heteroatoms. The highest BCUT2D eigenvalue weighted by Gasteiger charge is 2.73. The Labute approximate surface area is 166 Å². The Bertz CT molecular complexity index is 1050. The fraction of sp³-hybridized carbons (Fsp3) is 0.318. The Morgan fingerprint density at radius 2 is 1.79 bits per heavy atom. The summed E-state index contributed by atoms with van der Waals surface area (Å²) in [5.41, 5.74) is 1.05. The first-order valence-electron chi connectivity index (χ1n) is 9.54. The molecule has 5 nitrogen and oxygen atoms in total. The molecule has 2 saturated carbocycles. The van der Waals surface area contributed by atoms with Crippen molar-refractivity contribution in [1.29, 1.82) is 0 Å². The average Bonchev–Trinajstić information content (AvgIpc) is 2.97. The van der Waals surface area contributed by atoms with Crippen LogP contribution < -0.4 is 0 Å². The van der Waals surface area contributed by atoms with Gasteiger partial charge in [0.05, 0.1) is 18.1 Å². The molecule has 0 N–H and O–H groups in total. The summed E-state index contributed by atoms with van der Waals surface area (Å²) >= 11 is 6.03. The number of carbonyl (C=O) groups excluding carboxylic acids is 2. The SMILES string of the molecule is O=C1[C@H]2[C@H](C(=O)N1/N=C\c1ccc(-c3cccc(Cl)c3)o1)[C@H]1C=C[C@H]2C12CC2. The van der Waals surface area contributed by atoms with E-state index in [0.29, 0.717) is 16.5 Å². The lowest BCUT2D eigenvalue weighted by Crippen LogP contribution is -2.30. The van der Waals surface area contributed by atoms with E-state index in [9.17, 15) is 9.59 Å². The summed E-state index contributed by atoms with van der Waals surface area (Å²) in [5.74, 6) is 0.730. The quantitative estimate of drug-likeness (QED) is 0.448. The number of hydrazone groups is 1. The lowest BCUT2D eigenvalue weighted by atomic mass is 9.85. The van der Waals surface area contributed by atoms with Crippen LogP contribution in [0, 0.1) is 29.1 Å². The van der Waals surface area contributed by atoms with Crippen molar-refractivity contribution in [3.05, 3.63) is 59.3 Å². The van der Waals surface area contributed by atoms with Gasteiger partial charge in [0.15, 0.2) is 0 Å². The molecule has 6 rings (SSSR count). The van der Waals surface area contributed by atoms with Crippen LogP contribution in [0.1, 0.15) is 18.6 Å². The zero-order valence-corrected chi connectivity index (χ0v) is 15.7. The fourth-order valence-corrected chi connectivity index (χ4v) is 5.70. The molecule has 4 aliphatic rings. The van der Waals surface area contributed by atoms with E-state index in [-0.39, 0.29) is 40.9 Å². The van der Waals surface area contributed by atoms with Gasteiger partial charge in [-0.05, 0) is 54.4 Å². The van der Waals surface area contributed by atoms with Crippen molar-refractivity contribution in [2.75, 3.05) is 0 Å². The van der Waals surface area contributed by atoms with Crippen LogP contribution in [0.4, 0.5) is 0 Å². The summed E-state index contributed by atoms with van der Waals surface area (Å²) < 4.78 is 5.78. The minimum Gasteiger partial charge on any atom is -0.455 e. The molecule has 3 aliphatic carbocycles. The Kier molecular flexibility index (Phi) is 3.17. The maximum atomic E-state index is 12.9. The molecule has 3 fully saturated rings. The maximum absolute atomic E-state index is 12.9. The Morgan fingerprint density at radius 3 is 2.43 bits per heavy atom. The van der Waals surface area contributed by atoms with Gasteiger partial charge in [-0.15, -0.1) is 0 Å². The number of furan rings is 1. The van der Waals surface area contributed by atoms with Gasteiger partial charge < -0.3 is 4.42 Å². The smallest absolute Gasteiger partial charge is 0.254 e. The minimum atomic E-state index is -0.235. The first kappa shape index (κ1) is 16.3. The first-order chi connectivity index (χ1) is 13.6. The van der Waals surface area contributed by atoms with E-state index in [1.165, 1.54) is 6.21 Å². The molecule has 1 aromatic carbocycles. The van der Waals surface area contributed by atoms with Crippen LogP contribution in [-0.2, 0) is 9.59 Å². The Balaban J connectivity index is 1.24. The van der Waals surface area contributed by atoms with Crippen LogP contribution >= 0.6 is 11.6 Å². The van der Waals surface area contributed by atoms with E-state index in [0.717, 1.165) is 23.4 Å². The molecule has 1 saturated heterocycles. The van der Waals surface area contributed by atoms with E-state index in [1.807, 2.05) is 24.3 Å². The number of amides is 2. The molecule has 1 spiro atoms. The number of carbonyl (C=O) groups is 2. The van der Waals surface area contributed by atoms with E-state index in [1.54, 1.807) is 12.1 Å². The third-order valence-electron chi connectivity index (χ3n) is 6.87. The van der Waals surface area contributed by atoms with Crippen molar-refractivity contribution in [3.8, 4) is 11.3 Å². The number of halogens is 1. The minimum absolute atomic E-state index is 0.170. The second-order valence-corrected chi connectivity index (χ2v) is 8.60. The first-order valence-corrected chi connectivity index (χ1v) is 9.92. The number of nitrogens with zero attached hydrogens (tertiary/aromatic N) is 2. The summed E-state index contributed by atoms with van der Waals surface area (Å²) in [6.45, 7) is 0. The molecule has 1 aliphatic heterocycles. The molecule has 2 heterocycles. The van der Waals surface area contributed by atoms with Crippen molar-refractivity contribution in [2.24, 2.45) is 34.2 Å². The fourth-order valence-electron chi connectivity index (χ4n) is 5.51. The molecular weight excluding hydrogens is 376 g/mol. The summed E-state index contributed by atoms with van der Waals surface area (Å²) in [6.07, 6.45) is 8.00. The van der Waals surface area contributed by atoms with Crippen molar-refractivity contribution >= 4 is 29.6 Å². The lowest BCUT2D eigenvalue weighted by Gasteiger charge is -2.18. The number of hydrogen-bond donors (Lipinski definition) is 0. The zero-order valence-electron chi connectivity index (χ0n) is 14.9. The summed E-state index contributed by atoms with van der Waals surface area (Å²) in [4.78, 5) is 25.8. The van der Waals surface area contributed by atoms with Crippen molar-refractivity contribution in [2.45, 2.75) is 12.8 Å². The summed E-state index contributed by atoms with van der Waals surface area (Å²) in [7, 11) is 0. The highest BCUT2D eigenvalue weighted by Crippen LogP contribution is 2.73. The number of allylic oxidation sites excluding steroid dienone is 2. The number of imide groups is 1. The molecule has 0 radical (unpaired) electrons. The monoisotopic (exact) mass is 392 g/mol. The normalized spacial score (nSPS) is 31.5. The van der Waals surface area contributed by atoms with Gasteiger partial charge >= 0.3 is 0 Å². The molecule has 4 atom stereocenters. The van der Waals surface area contributed by atoms with E-state index < -0.39 is 0 Å². The lowest BCUT2D eigenvalue weighted by molar-refractivity contribution is -0.141. The van der Waals surface area contributed by atoms with Gasteiger partial charge in [0.1, 0.15) is 11.5 Å². The van der Waals surface area contributed by atoms with Gasteiger partial charge in [-0.25, -0.2) is 0 Å². The third-order valence-corrected chi connectivity index (χ3v) is 7.10. The summed E-state index contributed by atoms with van der Waals surface area (Å²) in [5, 5.41) is 5.87. The van der Waals surface area contributed by atoms with E-state index in [2.05, 4.69) is 17.3 Å². The molecule has 2 aromatic rings. The van der Waals surface area contributed by atoms with Gasteiger partial charge in [0.25, 0.3) is 11.8 Å². The predicted octanol–water partition coefficient (Wildman–Crippen LogP) is 4.13. The highest BCUT2D eigenvalue weighted by molar-refractivity contribution is 6.30. The predicted molar refractivity (Wildman–Crippen MR) is 103 cm³/mol. The standard InChI is InChI=1S/C22H17ClN2O3/c23-13-3-1-2-12(10-13)17-7-4-14(28-17)11-24-25-20(26)18-15-5-6-16(19(18)21(25)27)22(15)8-9-22/h1-7,10-11,15-16,18-19H,8-9H2/b24-11-/t15-,16-,18-,19-/m1/s1. The Hall–Kier alpha value is -2.66. The average molecular weight is 393 g/mol. The van der Waals surface area contributed by atoms with Crippen LogP contribution in [-0.4, -0.2) is 23.0 Å². The van der Waals surface area contributed by atoms with E-state index in [4.69, 9.17) is 16.0 Å². The molecule has 28 heavy (non-hydrogen) atoms. The largest absolute Gasteiger partial charge is 0.455 e. The van der Waals surface area contributed by atoms with Crippen molar-refractivity contribution in [3.63, 3.8) is 0 Å². The molecule has 1 aromatic heterocycles. The number of fused-ring (bicyclic) bond motifs is 3. The van der Waals surface area contributed by atoms with Crippen LogP contribution in [0.15, 0.2) is 58.1 Å². The molecule has 2 amide bonds. The van der Waals surface area contributed by atoms with Crippen molar-refractivity contribution < 1.29 is 14.0 Å². The van der Waals surface area contributed by atoms with Gasteiger partial charge in [-0.2, -0.15) is 10.1 Å².